The molecular weight excluding hydrogens is 188 g/mol. The van der Waals surface area contributed by atoms with Gasteiger partial charge in [-0.3, -0.25) is 9.59 Å². The first-order chi connectivity index (χ1) is 6.56. The first-order valence-corrected chi connectivity index (χ1v) is 4.40. The maximum absolute atomic E-state index is 11.1. The Kier molecular flexibility index (Phi) is 5.87. The molecule has 0 radical (unpaired) electrons. The number of ether oxygens (including phenoxy) is 2. The molecule has 82 valence electrons. The summed E-state index contributed by atoms with van der Waals surface area (Å²) in [4.78, 5) is 22.3. The molecule has 1 N–H and O–H groups in total. The van der Waals surface area contributed by atoms with Crippen LogP contribution in [-0.2, 0) is 19.1 Å². The third-order valence-corrected chi connectivity index (χ3v) is 1.95. The Bertz CT molecular complexity index is 185. The molecule has 0 rings (SSSR count). The lowest BCUT2D eigenvalue weighted by atomic mass is 10.0. The molecule has 1 unspecified atom stereocenters. The van der Waals surface area contributed by atoms with Crippen molar-refractivity contribution in [3.05, 3.63) is 0 Å². The van der Waals surface area contributed by atoms with Crippen LogP contribution in [0.4, 0.5) is 0 Å². The van der Waals surface area contributed by atoms with Gasteiger partial charge in [-0.05, 0) is 12.8 Å². The summed E-state index contributed by atoms with van der Waals surface area (Å²) in [7, 11) is 2.38. The molecule has 0 saturated heterocycles. The van der Waals surface area contributed by atoms with E-state index in [4.69, 9.17) is 0 Å². The molecule has 0 bridgehead atoms. The van der Waals surface area contributed by atoms with Gasteiger partial charge >= 0.3 is 11.9 Å². The Balaban J connectivity index is 4.40. The van der Waals surface area contributed by atoms with Crippen molar-refractivity contribution in [3.8, 4) is 0 Å². The average Bonchev–Trinajstić information content (AvgIpc) is 2.23. The monoisotopic (exact) mass is 204 g/mol. The van der Waals surface area contributed by atoms with E-state index in [1.54, 1.807) is 6.92 Å². The van der Waals surface area contributed by atoms with Gasteiger partial charge in [0.1, 0.15) is 0 Å². The number of esters is 2. The second-order valence-corrected chi connectivity index (χ2v) is 2.90. The molecular formula is C9H16O5. The summed E-state index contributed by atoms with van der Waals surface area (Å²) < 4.78 is 8.86. The van der Waals surface area contributed by atoms with E-state index in [-0.39, 0.29) is 6.42 Å². The van der Waals surface area contributed by atoms with Crippen molar-refractivity contribution in [2.24, 2.45) is 5.92 Å². The smallest absolute Gasteiger partial charge is 0.320 e. The maximum Gasteiger partial charge on any atom is 0.320 e. The first kappa shape index (κ1) is 12.9. The quantitative estimate of drug-likeness (QED) is 0.508. The fourth-order valence-corrected chi connectivity index (χ4v) is 1.01. The van der Waals surface area contributed by atoms with E-state index >= 15 is 0 Å². The number of hydrogen-bond acceptors (Lipinski definition) is 5. The third kappa shape index (κ3) is 3.74. The minimum atomic E-state index is -1.03. The summed E-state index contributed by atoms with van der Waals surface area (Å²) in [6.45, 7) is 1.76. The van der Waals surface area contributed by atoms with Crippen molar-refractivity contribution in [1.29, 1.82) is 0 Å². The Morgan fingerprint density at radius 1 is 1.21 bits per heavy atom. The maximum atomic E-state index is 11.1. The Hall–Kier alpha value is -1.10. The van der Waals surface area contributed by atoms with Gasteiger partial charge in [-0.2, -0.15) is 0 Å². The van der Waals surface area contributed by atoms with E-state index in [9.17, 15) is 14.7 Å². The van der Waals surface area contributed by atoms with Gasteiger partial charge in [-0.15, -0.1) is 0 Å². The third-order valence-electron chi connectivity index (χ3n) is 1.95. The molecule has 0 saturated carbocycles. The highest BCUT2D eigenvalue weighted by Crippen LogP contribution is 2.12. The van der Waals surface area contributed by atoms with Crippen molar-refractivity contribution < 1.29 is 24.2 Å². The molecule has 0 aromatic heterocycles. The van der Waals surface area contributed by atoms with Gasteiger partial charge in [0.05, 0.1) is 20.3 Å². The van der Waals surface area contributed by atoms with Crippen LogP contribution in [0.5, 0.6) is 0 Å². The molecule has 0 heterocycles. The summed E-state index contributed by atoms with van der Waals surface area (Å²) >= 11 is 0. The molecule has 1 atom stereocenters. The van der Waals surface area contributed by atoms with Gasteiger partial charge < -0.3 is 14.6 Å². The summed E-state index contributed by atoms with van der Waals surface area (Å²) in [6, 6.07) is 0. The number of rotatable bonds is 5. The second-order valence-electron chi connectivity index (χ2n) is 2.90. The summed E-state index contributed by atoms with van der Waals surface area (Å²) in [5, 5.41) is 9.30. The minimum Gasteiger partial charge on any atom is -0.468 e. The van der Waals surface area contributed by atoms with Crippen LogP contribution in [0.3, 0.4) is 0 Å². The van der Waals surface area contributed by atoms with Gasteiger partial charge in [0, 0.05) is 0 Å². The second kappa shape index (κ2) is 6.37. The molecule has 0 aliphatic carbocycles. The van der Waals surface area contributed by atoms with E-state index < -0.39 is 24.0 Å². The standard InChI is InChI=1S/C9H16O5/c1-4-6(10)5-7(8(11)13-2)9(12)14-3/h6-7,10H,4-5H2,1-3H3. The molecule has 14 heavy (non-hydrogen) atoms. The van der Waals surface area contributed by atoms with Gasteiger partial charge in [0.25, 0.3) is 0 Å². The van der Waals surface area contributed by atoms with Crippen LogP contribution >= 0.6 is 0 Å². The SMILES string of the molecule is CCC(O)CC(C(=O)OC)C(=O)OC. The lowest BCUT2D eigenvalue weighted by Crippen LogP contribution is -2.30. The Labute approximate surface area is 83.0 Å². The van der Waals surface area contributed by atoms with E-state index in [1.807, 2.05) is 0 Å². The van der Waals surface area contributed by atoms with Crippen LogP contribution in [0.15, 0.2) is 0 Å². The Morgan fingerprint density at radius 3 is 1.93 bits per heavy atom. The zero-order valence-electron chi connectivity index (χ0n) is 8.65. The highest BCUT2D eigenvalue weighted by molar-refractivity contribution is 5.94. The van der Waals surface area contributed by atoms with Crippen LogP contribution in [0.2, 0.25) is 0 Å². The molecule has 0 amide bonds. The number of aliphatic hydroxyl groups excluding tert-OH is 1. The summed E-state index contributed by atoms with van der Waals surface area (Å²) in [6.07, 6.45) is -0.182. The van der Waals surface area contributed by atoms with Gasteiger partial charge in [-0.1, -0.05) is 6.92 Å². The van der Waals surface area contributed by atoms with Crippen LogP contribution in [0.25, 0.3) is 0 Å². The fourth-order valence-electron chi connectivity index (χ4n) is 1.01. The molecule has 0 fully saturated rings. The first-order valence-electron chi connectivity index (χ1n) is 4.40. The molecule has 0 aromatic carbocycles. The van der Waals surface area contributed by atoms with Crippen molar-refractivity contribution >= 4 is 11.9 Å². The zero-order valence-corrected chi connectivity index (χ0v) is 8.65. The highest BCUT2D eigenvalue weighted by Gasteiger charge is 2.30. The molecule has 5 heteroatoms. The Morgan fingerprint density at radius 2 is 1.64 bits per heavy atom. The number of carbonyl (C=O) groups excluding carboxylic acids is 2. The molecule has 5 nitrogen and oxygen atoms in total. The predicted octanol–water partition coefficient (Wildman–Crippen LogP) is 0.110. The van der Waals surface area contributed by atoms with Crippen LogP contribution in [0, 0.1) is 5.92 Å². The highest BCUT2D eigenvalue weighted by atomic mass is 16.5. The van der Waals surface area contributed by atoms with Crippen molar-refractivity contribution in [3.63, 3.8) is 0 Å². The molecule has 0 aliphatic rings. The van der Waals surface area contributed by atoms with Crippen molar-refractivity contribution in [1.82, 2.24) is 0 Å². The van der Waals surface area contributed by atoms with Crippen LogP contribution in [-0.4, -0.2) is 37.4 Å². The van der Waals surface area contributed by atoms with E-state index in [1.165, 1.54) is 14.2 Å². The topological polar surface area (TPSA) is 72.8 Å². The van der Waals surface area contributed by atoms with Crippen molar-refractivity contribution in [2.45, 2.75) is 25.9 Å². The van der Waals surface area contributed by atoms with Gasteiger partial charge in [0.2, 0.25) is 0 Å². The minimum absolute atomic E-state index is 0.0375. The molecule has 0 aromatic rings. The van der Waals surface area contributed by atoms with E-state index in [2.05, 4.69) is 9.47 Å². The number of aliphatic hydroxyl groups is 1. The number of carbonyl (C=O) groups is 2. The molecule has 0 spiro atoms. The van der Waals surface area contributed by atoms with E-state index in [0.717, 1.165) is 0 Å². The zero-order chi connectivity index (χ0) is 11.1. The summed E-state index contributed by atoms with van der Waals surface area (Å²) in [5.41, 5.74) is 0. The summed E-state index contributed by atoms with van der Waals surface area (Å²) in [5.74, 6) is -2.38. The lowest BCUT2D eigenvalue weighted by Gasteiger charge is -2.14. The van der Waals surface area contributed by atoms with Crippen LogP contribution < -0.4 is 0 Å². The van der Waals surface area contributed by atoms with Gasteiger partial charge in [0.15, 0.2) is 5.92 Å². The van der Waals surface area contributed by atoms with E-state index in [0.29, 0.717) is 6.42 Å². The fraction of sp³-hybridized carbons (Fsp3) is 0.778. The number of hydrogen-bond donors (Lipinski definition) is 1. The van der Waals surface area contributed by atoms with Crippen LogP contribution in [0.1, 0.15) is 19.8 Å². The predicted molar refractivity (Wildman–Crippen MR) is 48.4 cm³/mol. The largest absolute Gasteiger partial charge is 0.468 e. The van der Waals surface area contributed by atoms with Gasteiger partial charge in [-0.25, -0.2) is 0 Å². The molecule has 0 aliphatic heterocycles. The number of methoxy groups -OCH3 is 2. The van der Waals surface area contributed by atoms with Crippen molar-refractivity contribution in [2.75, 3.05) is 14.2 Å². The average molecular weight is 204 g/mol. The lowest BCUT2D eigenvalue weighted by molar-refractivity contribution is -0.160. The normalized spacial score (nSPS) is 12.4.